The fourth-order valence-electron chi connectivity index (χ4n) is 2.96. The predicted molar refractivity (Wildman–Crippen MR) is 102 cm³/mol. The van der Waals surface area contributed by atoms with E-state index in [0.717, 1.165) is 33.9 Å². The number of likely N-dealkylation sites (N-methyl/N-ethyl adjacent to an activating group) is 1. The van der Waals surface area contributed by atoms with Gasteiger partial charge in [0.25, 0.3) is 0 Å². The first-order valence-corrected chi connectivity index (χ1v) is 8.36. The van der Waals surface area contributed by atoms with Gasteiger partial charge in [0.1, 0.15) is 11.6 Å². The van der Waals surface area contributed by atoms with E-state index in [1.165, 1.54) is 0 Å². The smallest absolute Gasteiger partial charge is 0.148 e. The van der Waals surface area contributed by atoms with Gasteiger partial charge < -0.3 is 15.0 Å². The second-order valence-corrected chi connectivity index (χ2v) is 6.25. The van der Waals surface area contributed by atoms with Crippen molar-refractivity contribution in [3.8, 4) is 5.75 Å². The summed E-state index contributed by atoms with van der Waals surface area (Å²) in [5, 5.41) is 3.47. The number of fused-ring (bicyclic) bond motifs is 1. The molecule has 0 aliphatic carbocycles. The third-order valence-electron chi connectivity index (χ3n) is 4.33. The molecule has 0 fully saturated rings. The lowest BCUT2D eigenvalue weighted by Gasteiger charge is -2.27. The van der Waals surface area contributed by atoms with Gasteiger partial charge in [-0.05, 0) is 39.2 Å². The maximum absolute atomic E-state index is 5.53. The molecule has 3 aromatic rings. The van der Waals surface area contributed by atoms with E-state index in [0.29, 0.717) is 6.54 Å². The van der Waals surface area contributed by atoms with Crippen LogP contribution in [-0.4, -0.2) is 42.6 Å². The SMILES string of the molecule is COc1ccccc1[C@@H](CNc1nc2ccccc2nc1C)N(C)C. The monoisotopic (exact) mass is 336 g/mol. The van der Waals surface area contributed by atoms with Crippen LogP contribution in [0.5, 0.6) is 5.75 Å². The number of aryl methyl sites for hydroxylation is 1. The molecule has 0 spiro atoms. The molecule has 5 heteroatoms. The van der Waals surface area contributed by atoms with E-state index in [9.17, 15) is 0 Å². The minimum absolute atomic E-state index is 0.156. The number of hydrogen-bond acceptors (Lipinski definition) is 5. The van der Waals surface area contributed by atoms with Gasteiger partial charge in [0.05, 0.1) is 29.9 Å². The fraction of sp³-hybridized carbons (Fsp3) is 0.300. The molecule has 3 rings (SSSR count). The number of anilines is 1. The Morgan fingerprint density at radius 1 is 1.00 bits per heavy atom. The average Bonchev–Trinajstić information content (AvgIpc) is 2.62. The highest BCUT2D eigenvalue weighted by Gasteiger charge is 2.18. The molecule has 2 aromatic carbocycles. The number of aromatic nitrogens is 2. The predicted octanol–water partition coefficient (Wildman–Crippen LogP) is 3.66. The van der Waals surface area contributed by atoms with Crippen molar-refractivity contribution in [1.29, 1.82) is 0 Å². The van der Waals surface area contributed by atoms with Crippen LogP contribution in [0.4, 0.5) is 5.82 Å². The normalized spacial score (nSPS) is 12.4. The van der Waals surface area contributed by atoms with Crippen LogP contribution in [0.15, 0.2) is 48.5 Å². The molecule has 0 aliphatic rings. The van der Waals surface area contributed by atoms with Gasteiger partial charge in [0.15, 0.2) is 0 Å². The Labute approximate surface area is 148 Å². The largest absolute Gasteiger partial charge is 0.496 e. The fourth-order valence-corrected chi connectivity index (χ4v) is 2.96. The molecule has 1 heterocycles. The zero-order valence-electron chi connectivity index (χ0n) is 15.2. The highest BCUT2D eigenvalue weighted by atomic mass is 16.5. The standard InChI is InChI=1S/C20H24N4O/c1-14-20(23-17-11-7-6-10-16(17)22-14)21-13-18(24(2)3)15-9-5-8-12-19(15)25-4/h5-12,18H,13H2,1-4H3,(H,21,23)/t18-/m1/s1. The summed E-state index contributed by atoms with van der Waals surface area (Å²) in [4.78, 5) is 11.5. The summed E-state index contributed by atoms with van der Waals surface area (Å²) in [6.45, 7) is 2.69. The summed E-state index contributed by atoms with van der Waals surface area (Å²) in [5.74, 6) is 1.71. The van der Waals surface area contributed by atoms with Crippen molar-refractivity contribution in [2.24, 2.45) is 0 Å². The molecule has 1 N–H and O–H groups in total. The van der Waals surface area contributed by atoms with Gasteiger partial charge in [0.2, 0.25) is 0 Å². The molecule has 0 unspecified atom stereocenters. The van der Waals surface area contributed by atoms with Crippen molar-refractivity contribution in [1.82, 2.24) is 14.9 Å². The molecule has 0 aliphatic heterocycles. The maximum Gasteiger partial charge on any atom is 0.148 e. The van der Waals surface area contributed by atoms with Gasteiger partial charge in [-0.3, -0.25) is 0 Å². The number of rotatable bonds is 6. The van der Waals surface area contributed by atoms with Crippen LogP contribution in [0.2, 0.25) is 0 Å². The molecule has 0 saturated carbocycles. The molecule has 130 valence electrons. The summed E-state index contributed by atoms with van der Waals surface area (Å²) in [6.07, 6.45) is 0. The summed E-state index contributed by atoms with van der Waals surface area (Å²) < 4.78 is 5.53. The van der Waals surface area contributed by atoms with Crippen LogP contribution >= 0.6 is 0 Å². The Bertz CT molecular complexity index is 863. The quantitative estimate of drug-likeness (QED) is 0.744. The topological polar surface area (TPSA) is 50.3 Å². The summed E-state index contributed by atoms with van der Waals surface area (Å²) >= 11 is 0. The number of nitrogens with one attached hydrogen (secondary N) is 1. The van der Waals surface area contributed by atoms with Crippen molar-refractivity contribution in [2.45, 2.75) is 13.0 Å². The van der Waals surface area contributed by atoms with Crippen LogP contribution in [0, 0.1) is 6.92 Å². The van der Waals surface area contributed by atoms with Gasteiger partial charge in [-0.1, -0.05) is 30.3 Å². The Kier molecular flexibility index (Phi) is 5.14. The number of para-hydroxylation sites is 3. The molecular formula is C20H24N4O. The van der Waals surface area contributed by atoms with Crippen molar-refractivity contribution in [3.63, 3.8) is 0 Å². The van der Waals surface area contributed by atoms with Gasteiger partial charge in [-0.2, -0.15) is 0 Å². The molecular weight excluding hydrogens is 312 g/mol. The Morgan fingerprint density at radius 3 is 2.32 bits per heavy atom. The summed E-state index contributed by atoms with van der Waals surface area (Å²) in [5.41, 5.74) is 3.86. The zero-order valence-corrected chi connectivity index (χ0v) is 15.2. The highest BCUT2D eigenvalue weighted by molar-refractivity contribution is 5.76. The minimum atomic E-state index is 0.156. The van der Waals surface area contributed by atoms with Crippen LogP contribution in [-0.2, 0) is 0 Å². The molecule has 25 heavy (non-hydrogen) atoms. The van der Waals surface area contributed by atoms with Gasteiger partial charge >= 0.3 is 0 Å². The first kappa shape index (κ1) is 17.2. The molecule has 5 nitrogen and oxygen atoms in total. The number of hydrogen-bond donors (Lipinski definition) is 1. The lowest BCUT2D eigenvalue weighted by molar-refractivity contribution is 0.300. The number of nitrogens with zero attached hydrogens (tertiary/aromatic N) is 3. The van der Waals surface area contributed by atoms with Crippen LogP contribution in [0.3, 0.4) is 0 Å². The molecule has 0 amide bonds. The van der Waals surface area contributed by atoms with Crippen LogP contribution < -0.4 is 10.1 Å². The van der Waals surface area contributed by atoms with Gasteiger partial charge in [-0.15, -0.1) is 0 Å². The van der Waals surface area contributed by atoms with E-state index < -0.39 is 0 Å². The summed E-state index contributed by atoms with van der Waals surface area (Å²) in [6, 6.07) is 16.2. The zero-order chi connectivity index (χ0) is 17.8. The second-order valence-electron chi connectivity index (χ2n) is 6.25. The van der Waals surface area contributed by atoms with E-state index in [2.05, 4.69) is 35.4 Å². The number of benzene rings is 2. The van der Waals surface area contributed by atoms with E-state index in [1.807, 2.05) is 49.4 Å². The highest BCUT2D eigenvalue weighted by Crippen LogP contribution is 2.28. The average molecular weight is 336 g/mol. The third kappa shape index (κ3) is 3.72. The van der Waals surface area contributed by atoms with E-state index in [4.69, 9.17) is 9.72 Å². The summed E-state index contributed by atoms with van der Waals surface area (Å²) in [7, 11) is 5.84. The van der Waals surface area contributed by atoms with Crippen molar-refractivity contribution in [2.75, 3.05) is 33.1 Å². The van der Waals surface area contributed by atoms with E-state index in [-0.39, 0.29) is 6.04 Å². The number of methoxy groups -OCH3 is 1. The molecule has 0 saturated heterocycles. The van der Waals surface area contributed by atoms with Crippen molar-refractivity contribution < 1.29 is 4.74 Å². The number of ether oxygens (including phenoxy) is 1. The van der Waals surface area contributed by atoms with Crippen LogP contribution in [0.25, 0.3) is 11.0 Å². The molecule has 1 atom stereocenters. The van der Waals surface area contributed by atoms with Gasteiger partial charge in [0, 0.05) is 12.1 Å². The maximum atomic E-state index is 5.53. The van der Waals surface area contributed by atoms with E-state index >= 15 is 0 Å². The van der Waals surface area contributed by atoms with Crippen LogP contribution in [0.1, 0.15) is 17.3 Å². The minimum Gasteiger partial charge on any atom is -0.496 e. The molecule has 0 bridgehead atoms. The van der Waals surface area contributed by atoms with Crippen molar-refractivity contribution in [3.05, 3.63) is 59.8 Å². The van der Waals surface area contributed by atoms with Gasteiger partial charge in [-0.25, -0.2) is 9.97 Å². The first-order chi connectivity index (χ1) is 12.1. The van der Waals surface area contributed by atoms with E-state index in [1.54, 1.807) is 7.11 Å². The second kappa shape index (κ2) is 7.49. The molecule has 1 aromatic heterocycles. The third-order valence-corrected chi connectivity index (χ3v) is 4.33. The first-order valence-electron chi connectivity index (χ1n) is 8.36. The lowest BCUT2D eigenvalue weighted by Crippen LogP contribution is -2.27. The Hall–Kier alpha value is -2.66. The lowest BCUT2D eigenvalue weighted by atomic mass is 10.0. The van der Waals surface area contributed by atoms with Crippen molar-refractivity contribution >= 4 is 16.9 Å². The Morgan fingerprint density at radius 2 is 1.64 bits per heavy atom. The molecule has 0 radical (unpaired) electrons. The Balaban J connectivity index is 1.86.